The average molecular weight is 302 g/mol. The molecule has 4 heteroatoms. The summed E-state index contributed by atoms with van der Waals surface area (Å²) in [5, 5.41) is 3.29. The number of piperidine rings is 1. The van der Waals surface area contributed by atoms with Gasteiger partial charge in [0.15, 0.2) is 0 Å². The number of hydrogen-bond acceptors (Lipinski definition) is 3. The number of carbonyl (C=O) groups is 1. The number of aryl methyl sites for hydroxylation is 1. The Kier molecular flexibility index (Phi) is 4.79. The molecule has 22 heavy (non-hydrogen) atoms. The fourth-order valence-corrected chi connectivity index (χ4v) is 3.75. The van der Waals surface area contributed by atoms with Gasteiger partial charge in [-0.25, -0.2) is 0 Å². The fourth-order valence-electron chi connectivity index (χ4n) is 3.75. The Morgan fingerprint density at radius 1 is 1.27 bits per heavy atom. The van der Waals surface area contributed by atoms with Crippen LogP contribution < -0.4 is 5.32 Å². The third kappa shape index (κ3) is 3.18. The van der Waals surface area contributed by atoms with Crippen LogP contribution in [-0.4, -0.2) is 49.7 Å². The number of likely N-dealkylation sites (tertiary alicyclic amines) is 1. The van der Waals surface area contributed by atoms with Gasteiger partial charge in [-0.3, -0.25) is 4.79 Å². The van der Waals surface area contributed by atoms with Gasteiger partial charge in [0.25, 0.3) is 0 Å². The van der Waals surface area contributed by atoms with Crippen LogP contribution in [0.1, 0.15) is 36.3 Å². The second-order valence-corrected chi connectivity index (χ2v) is 6.51. The van der Waals surface area contributed by atoms with E-state index in [-0.39, 0.29) is 18.1 Å². The Hall–Kier alpha value is -1.39. The second-order valence-electron chi connectivity index (χ2n) is 6.51. The van der Waals surface area contributed by atoms with Crippen molar-refractivity contribution in [3.05, 3.63) is 35.4 Å². The molecule has 1 aromatic carbocycles. The van der Waals surface area contributed by atoms with Crippen molar-refractivity contribution in [2.24, 2.45) is 0 Å². The van der Waals surface area contributed by atoms with E-state index in [2.05, 4.69) is 36.5 Å². The number of benzene rings is 1. The molecule has 2 aliphatic heterocycles. The molecule has 1 amide bonds. The summed E-state index contributed by atoms with van der Waals surface area (Å²) < 4.78 is 5.33. The van der Waals surface area contributed by atoms with Gasteiger partial charge in [-0.1, -0.05) is 24.3 Å². The van der Waals surface area contributed by atoms with Crippen molar-refractivity contribution >= 4 is 5.91 Å². The molecule has 1 aromatic rings. The SMILES string of the molecule is CO[C@@H]1CN[C@H](C(=O)N2CCC(c3ccccc3C)CC2)C1. The summed E-state index contributed by atoms with van der Waals surface area (Å²) in [5.74, 6) is 0.844. The Morgan fingerprint density at radius 3 is 2.64 bits per heavy atom. The highest BCUT2D eigenvalue weighted by atomic mass is 16.5. The molecule has 2 saturated heterocycles. The van der Waals surface area contributed by atoms with Crippen molar-refractivity contribution < 1.29 is 9.53 Å². The normalized spacial score (nSPS) is 26.4. The van der Waals surface area contributed by atoms with E-state index in [1.807, 2.05) is 4.90 Å². The number of rotatable bonds is 3. The lowest BCUT2D eigenvalue weighted by Crippen LogP contribution is -2.46. The zero-order valence-electron chi connectivity index (χ0n) is 13.5. The van der Waals surface area contributed by atoms with Gasteiger partial charge < -0.3 is 15.0 Å². The fraction of sp³-hybridized carbons (Fsp3) is 0.611. The minimum atomic E-state index is -0.0556. The molecule has 120 valence electrons. The maximum Gasteiger partial charge on any atom is 0.239 e. The van der Waals surface area contributed by atoms with Gasteiger partial charge in [-0.05, 0) is 43.2 Å². The van der Waals surface area contributed by atoms with Crippen LogP contribution in [0.4, 0.5) is 0 Å². The summed E-state index contributed by atoms with van der Waals surface area (Å²) in [7, 11) is 1.72. The van der Waals surface area contributed by atoms with E-state index in [9.17, 15) is 4.79 Å². The van der Waals surface area contributed by atoms with E-state index < -0.39 is 0 Å². The third-order valence-corrected chi connectivity index (χ3v) is 5.16. The van der Waals surface area contributed by atoms with Crippen LogP contribution in [-0.2, 0) is 9.53 Å². The van der Waals surface area contributed by atoms with E-state index in [1.54, 1.807) is 7.11 Å². The highest BCUT2D eigenvalue weighted by Crippen LogP contribution is 2.30. The number of nitrogens with zero attached hydrogens (tertiary/aromatic N) is 1. The smallest absolute Gasteiger partial charge is 0.239 e. The lowest BCUT2D eigenvalue weighted by atomic mass is 9.87. The number of amides is 1. The number of nitrogens with one attached hydrogen (secondary N) is 1. The van der Waals surface area contributed by atoms with Gasteiger partial charge in [0.05, 0.1) is 12.1 Å². The molecular formula is C18H26N2O2. The van der Waals surface area contributed by atoms with Crippen LogP contribution >= 0.6 is 0 Å². The molecule has 1 N–H and O–H groups in total. The van der Waals surface area contributed by atoms with Gasteiger partial charge in [0.2, 0.25) is 5.91 Å². The zero-order valence-corrected chi connectivity index (χ0v) is 13.5. The van der Waals surface area contributed by atoms with Crippen LogP contribution in [0.15, 0.2) is 24.3 Å². The highest BCUT2D eigenvalue weighted by molar-refractivity contribution is 5.82. The predicted octanol–water partition coefficient (Wildman–Crippen LogP) is 2.08. The molecule has 0 spiro atoms. The summed E-state index contributed by atoms with van der Waals surface area (Å²) in [5.41, 5.74) is 2.82. The molecule has 2 heterocycles. The monoisotopic (exact) mass is 302 g/mol. The molecule has 0 bridgehead atoms. The lowest BCUT2D eigenvalue weighted by Gasteiger charge is -2.34. The molecule has 2 fully saturated rings. The Bertz CT molecular complexity index is 524. The maximum atomic E-state index is 12.6. The topological polar surface area (TPSA) is 41.6 Å². The molecule has 0 unspecified atom stereocenters. The van der Waals surface area contributed by atoms with Gasteiger partial charge in [-0.15, -0.1) is 0 Å². The first-order chi connectivity index (χ1) is 10.7. The number of carbonyl (C=O) groups excluding carboxylic acids is 1. The minimum Gasteiger partial charge on any atom is -0.380 e. The van der Waals surface area contributed by atoms with Crippen molar-refractivity contribution in [2.45, 2.75) is 44.2 Å². The van der Waals surface area contributed by atoms with Crippen molar-refractivity contribution in [3.8, 4) is 0 Å². The number of methoxy groups -OCH3 is 1. The van der Waals surface area contributed by atoms with E-state index in [0.29, 0.717) is 5.92 Å². The zero-order chi connectivity index (χ0) is 15.5. The lowest BCUT2D eigenvalue weighted by molar-refractivity contribution is -0.134. The van der Waals surface area contributed by atoms with Gasteiger partial charge >= 0.3 is 0 Å². The predicted molar refractivity (Wildman–Crippen MR) is 86.9 cm³/mol. The molecule has 2 aliphatic rings. The summed E-state index contributed by atoms with van der Waals surface area (Å²) >= 11 is 0. The number of hydrogen-bond donors (Lipinski definition) is 1. The largest absolute Gasteiger partial charge is 0.380 e. The average Bonchev–Trinajstić information content (AvgIpc) is 3.04. The van der Waals surface area contributed by atoms with Gasteiger partial charge in [-0.2, -0.15) is 0 Å². The number of ether oxygens (including phenoxy) is 1. The first kappa shape index (κ1) is 15.5. The second kappa shape index (κ2) is 6.80. The van der Waals surface area contributed by atoms with Crippen molar-refractivity contribution in [2.75, 3.05) is 26.7 Å². The maximum absolute atomic E-state index is 12.6. The van der Waals surface area contributed by atoms with E-state index in [0.717, 1.165) is 38.9 Å². The van der Waals surface area contributed by atoms with Crippen LogP contribution in [0, 0.1) is 6.92 Å². The molecule has 4 nitrogen and oxygen atoms in total. The summed E-state index contributed by atoms with van der Waals surface area (Å²) in [4.78, 5) is 14.6. The van der Waals surface area contributed by atoms with E-state index in [4.69, 9.17) is 4.74 Å². The molecule has 0 aromatic heterocycles. The minimum absolute atomic E-state index is 0.0556. The van der Waals surface area contributed by atoms with Crippen molar-refractivity contribution in [1.82, 2.24) is 10.2 Å². The van der Waals surface area contributed by atoms with Crippen molar-refractivity contribution in [1.29, 1.82) is 0 Å². The third-order valence-electron chi connectivity index (χ3n) is 5.16. The van der Waals surface area contributed by atoms with Crippen LogP contribution in [0.2, 0.25) is 0 Å². The molecule has 0 aliphatic carbocycles. The van der Waals surface area contributed by atoms with Crippen LogP contribution in [0.5, 0.6) is 0 Å². The molecular weight excluding hydrogens is 276 g/mol. The molecule has 2 atom stereocenters. The Balaban J connectivity index is 1.56. The van der Waals surface area contributed by atoms with Crippen molar-refractivity contribution in [3.63, 3.8) is 0 Å². The molecule has 0 saturated carbocycles. The first-order valence-corrected chi connectivity index (χ1v) is 8.29. The van der Waals surface area contributed by atoms with E-state index in [1.165, 1.54) is 11.1 Å². The molecule has 0 radical (unpaired) electrons. The standard InChI is InChI=1S/C18H26N2O2/c1-13-5-3-4-6-16(13)14-7-9-20(10-8-14)18(21)17-11-15(22-2)12-19-17/h3-6,14-15,17,19H,7-12H2,1-2H3/t15-,17-/m0/s1. The van der Waals surface area contributed by atoms with Crippen LogP contribution in [0.25, 0.3) is 0 Å². The summed E-state index contributed by atoms with van der Waals surface area (Å²) in [6, 6.07) is 8.57. The highest BCUT2D eigenvalue weighted by Gasteiger charge is 2.34. The summed E-state index contributed by atoms with van der Waals surface area (Å²) in [6.45, 7) is 4.70. The van der Waals surface area contributed by atoms with Crippen LogP contribution in [0.3, 0.4) is 0 Å². The van der Waals surface area contributed by atoms with E-state index >= 15 is 0 Å². The van der Waals surface area contributed by atoms with Gasteiger partial charge in [0, 0.05) is 26.7 Å². The van der Waals surface area contributed by atoms with Gasteiger partial charge in [0.1, 0.15) is 0 Å². The molecule has 3 rings (SSSR count). The first-order valence-electron chi connectivity index (χ1n) is 8.29. The summed E-state index contributed by atoms with van der Waals surface area (Å²) in [6.07, 6.45) is 3.11. The Morgan fingerprint density at radius 2 is 2.00 bits per heavy atom. The Labute approximate surface area is 132 Å². The quantitative estimate of drug-likeness (QED) is 0.929.